The molecule has 3 unspecified atom stereocenters. The highest BCUT2D eigenvalue weighted by Crippen LogP contribution is 2.34. The molecular formula is C28H27N5O6. The molecule has 0 spiro atoms. The summed E-state index contributed by atoms with van der Waals surface area (Å²) in [4.78, 5) is 25.4. The lowest BCUT2D eigenvalue weighted by Crippen LogP contribution is -2.19. The van der Waals surface area contributed by atoms with Gasteiger partial charge in [-0.3, -0.25) is 4.57 Å². The minimum atomic E-state index is -0.825. The van der Waals surface area contributed by atoms with Crippen molar-refractivity contribution in [3.63, 3.8) is 0 Å². The second-order valence-corrected chi connectivity index (χ2v) is 9.41. The van der Waals surface area contributed by atoms with Crippen molar-refractivity contribution in [3.8, 4) is 11.5 Å². The lowest BCUT2D eigenvalue weighted by Gasteiger charge is -2.17. The molecule has 0 bridgehead atoms. The molecule has 3 atom stereocenters. The van der Waals surface area contributed by atoms with Gasteiger partial charge in [0.05, 0.1) is 12.4 Å². The molecule has 11 nitrogen and oxygen atoms in total. The number of aryl methyl sites for hydroxylation is 1. The molecule has 4 heterocycles. The maximum Gasteiger partial charge on any atom is 0.330 e. The number of imidazole rings is 1. The predicted molar refractivity (Wildman–Crippen MR) is 141 cm³/mol. The van der Waals surface area contributed by atoms with E-state index in [4.69, 9.17) is 18.9 Å². The number of hydrogen-bond acceptors (Lipinski definition) is 10. The van der Waals surface area contributed by atoms with E-state index in [1.807, 2.05) is 49.4 Å². The molecule has 2 N–H and O–H groups in total. The lowest BCUT2D eigenvalue weighted by molar-refractivity contribution is -0.142. The van der Waals surface area contributed by atoms with Crippen LogP contribution in [0.5, 0.6) is 11.5 Å². The van der Waals surface area contributed by atoms with Crippen LogP contribution in [0.25, 0.3) is 17.2 Å². The smallest absolute Gasteiger partial charge is 0.330 e. The van der Waals surface area contributed by atoms with Crippen molar-refractivity contribution in [1.82, 2.24) is 19.5 Å². The topological polar surface area (TPSA) is 130 Å². The molecule has 6 rings (SSSR count). The van der Waals surface area contributed by atoms with Crippen molar-refractivity contribution in [1.29, 1.82) is 0 Å². The van der Waals surface area contributed by atoms with E-state index in [1.54, 1.807) is 17.0 Å². The summed E-state index contributed by atoms with van der Waals surface area (Å²) in [5.41, 5.74) is 4.10. The molecule has 11 heteroatoms. The van der Waals surface area contributed by atoms with Crippen LogP contribution < -0.4 is 14.8 Å². The van der Waals surface area contributed by atoms with Gasteiger partial charge in [-0.25, -0.2) is 19.7 Å². The number of aliphatic hydroxyl groups is 1. The molecule has 200 valence electrons. The van der Waals surface area contributed by atoms with E-state index in [-0.39, 0.29) is 13.4 Å². The fourth-order valence-corrected chi connectivity index (χ4v) is 4.56. The molecular weight excluding hydrogens is 502 g/mol. The Morgan fingerprint density at radius 3 is 2.87 bits per heavy atom. The molecule has 0 saturated carbocycles. The van der Waals surface area contributed by atoms with Crippen LogP contribution >= 0.6 is 0 Å². The van der Waals surface area contributed by atoms with Gasteiger partial charge in [0, 0.05) is 19.0 Å². The molecule has 2 aromatic carbocycles. The van der Waals surface area contributed by atoms with Gasteiger partial charge < -0.3 is 29.4 Å². The Bertz CT molecular complexity index is 1520. The summed E-state index contributed by atoms with van der Waals surface area (Å²) in [6, 6.07) is 13.5. The lowest BCUT2D eigenvalue weighted by atomic mass is 10.1. The summed E-state index contributed by atoms with van der Waals surface area (Å²) < 4.78 is 23.9. The zero-order valence-corrected chi connectivity index (χ0v) is 21.2. The quantitative estimate of drug-likeness (QED) is 0.259. The van der Waals surface area contributed by atoms with Crippen LogP contribution in [-0.4, -0.2) is 56.2 Å². The van der Waals surface area contributed by atoms with Gasteiger partial charge in [0.2, 0.25) is 6.79 Å². The van der Waals surface area contributed by atoms with Gasteiger partial charge in [-0.1, -0.05) is 35.9 Å². The van der Waals surface area contributed by atoms with Gasteiger partial charge in [-0.05, 0) is 36.3 Å². The number of esters is 1. The first-order chi connectivity index (χ1) is 19.0. The first-order valence-corrected chi connectivity index (χ1v) is 12.6. The molecule has 4 aromatic rings. The molecule has 1 saturated heterocycles. The molecule has 0 amide bonds. The first kappa shape index (κ1) is 24.8. The van der Waals surface area contributed by atoms with E-state index in [1.165, 1.54) is 12.4 Å². The summed E-state index contributed by atoms with van der Waals surface area (Å²) in [6.45, 7) is 2.74. The first-order valence-electron chi connectivity index (χ1n) is 12.6. The Morgan fingerprint density at radius 2 is 2.00 bits per heavy atom. The van der Waals surface area contributed by atoms with Crippen LogP contribution in [0.3, 0.4) is 0 Å². The highest BCUT2D eigenvalue weighted by Gasteiger charge is 2.37. The van der Waals surface area contributed by atoms with Crippen molar-refractivity contribution >= 4 is 29.0 Å². The fourth-order valence-electron chi connectivity index (χ4n) is 4.56. The third-order valence-corrected chi connectivity index (χ3v) is 6.60. The number of anilines is 1. The van der Waals surface area contributed by atoms with Crippen LogP contribution in [0.4, 0.5) is 5.82 Å². The minimum absolute atomic E-state index is 0.0224. The van der Waals surface area contributed by atoms with Crippen molar-refractivity contribution in [3.05, 3.63) is 77.9 Å². The summed E-state index contributed by atoms with van der Waals surface area (Å²) in [7, 11) is 0. The number of rotatable bonds is 8. The standard InChI is InChI=1S/C28H27N5O6/c1-17-2-4-18(5-3-17)7-9-24(35)36-13-20-11-21(34)28(39-20)33-15-32-25-26(30-14-31-27(25)33)29-12-19-6-8-22-23(10-19)38-16-37-22/h2-10,14-15,20-21,28,34H,11-13,16H2,1H3,(H,29,30,31). The third kappa shape index (κ3) is 5.40. The highest BCUT2D eigenvalue weighted by atomic mass is 16.7. The molecule has 0 aliphatic carbocycles. The molecule has 2 aliphatic rings. The summed E-state index contributed by atoms with van der Waals surface area (Å²) in [5.74, 6) is 1.51. The van der Waals surface area contributed by atoms with Gasteiger partial charge >= 0.3 is 5.97 Å². The molecule has 1 fully saturated rings. The number of nitrogens with zero attached hydrogens (tertiary/aromatic N) is 4. The number of aliphatic hydroxyl groups excluding tert-OH is 1. The van der Waals surface area contributed by atoms with Crippen LogP contribution in [0.2, 0.25) is 0 Å². The highest BCUT2D eigenvalue weighted by molar-refractivity contribution is 5.87. The zero-order valence-electron chi connectivity index (χ0n) is 21.2. The van der Waals surface area contributed by atoms with Crippen molar-refractivity contribution in [2.24, 2.45) is 0 Å². The molecule has 2 aliphatic heterocycles. The van der Waals surface area contributed by atoms with Gasteiger partial charge in [0.25, 0.3) is 0 Å². The number of carbonyl (C=O) groups is 1. The number of fused-ring (bicyclic) bond motifs is 2. The zero-order chi connectivity index (χ0) is 26.8. The number of carbonyl (C=O) groups excluding carboxylic acids is 1. The SMILES string of the molecule is Cc1ccc(C=CC(=O)OCC2CC(O)C(n3cnc4c(NCc5ccc6c(c5)OCO6)ncnc43)O2)cc1. The Kier molecular flexibility index (Phi) is 6.82. The number of hydrogen-bond donors (Lipinski definition) is 2. The second kappa shape index (κ2) is 10.7. The summed E-state index contributed by atoms with van der Waals surface area (Å²) in [5, 5.41) is 14.0. The average molecular weight is 530 g/mol. The van der Waals surface area contributed by atoms with Crippen molar-refractivity contribution < 1.29 is 28.8 Å². The van der Waals surface area contributed by atoms with Crippen molar-refractivity contribution in [2.45, 2.75) is 38.3 Å². The normalized spacial score (nSPS) is 20.1. The molecule has 0 radical (unpaired) electrons. The largest absolute Gasteiger partial charge is 0.460 e. The third-order valence-electron chi connectivity index (χ3n) is 6.60. The van der Waals surface area contributed by atoms with Crippen LogP contribution in [-0.2, 0) is 20.8 Å². The van der Waals surface area contributed by atoms with E-state index in [0.29, 0.717) is 35.7 Å². The maximum atomic E-state index is 12.2. The number of nitrogens with one attached hydrogen (secondary N) is 1. The van der Waals surface area contributed by atoms with E-state index in [0.717, 1.165) is 22.4 Å². The van der Waals surface area contributed by atoms with Crippen molar-refractivity contribution in [2.75, 3.05) is 18.7 Å². The van der Waals surface area contributed by atoms with Crippen LogP contribution in [0.1, 0.15) is 29.3 Å². The van der Waals surface area contributed by atoms with E-state index >= 15 is 0 Å². The Balaban J connectivity index is 1.08. The van der Waals surface area contributed by atoms with Gasteiger partial charge in [0.1, 0.15) is 19.0 Å². The van der Waals surface area contributed by atoms with Gasteiger partial charge in [-0.15, -0.1) is 0 Å². The molecule has 2 aromatic heterocycles. The van der Waals surface area contributed by atoms with E-state index in [2.05, 4.69) is 20.3 Å². The summed E-state index contributed by atoms with van der Waals surface area (Å²) >= 11 is 0. The monoisotopic (exact) mass is 529 g/mol. The minimum Gasteiger partial charge on any atom is -0.460 e. The predicted octanol–water partition coefficient (Wildman–Crippen LogP) is 3.38. The van der Waals surface area contributed by atoms with Crippen LogP contribution in [0.15, 0.2) is 61.2 Å². The van der Waals surface area contributed by atoms with Gasteiger partial charge in [0.15, 0.2) is 34.7 Å². The van der Waals surface area contributed by atoms with Gasteiger partial charge in [-0.2, -0.15) is 0 Å². The number of aromatic nitrogens is 4. The van der Waals surface area contributed by atoms with E-state index < -0.39 is 24.4 Å². The maximum absolute atomic E-state index is 12.2. The Morgan fingerprint density at radius 1 is 1.15 bits per heavy atom. The van der Waals surface area contributed by atoms with E-state index in [9.17, 15) is 9.90 Å². The van der Waals surface area contributed by atoms with Crippen LogP contribution in [0, 0.1) is 6.92 Å². The fraction of sp³-hybridized carbons (Fsp3) is 0.286. The average Bonchev–Trinajstić information content (AvgIpc) is 3.68. The Hall–Kier alpha value is -4.48. The molecule has 39 heavy (non-hydrogen) atoms. The summed E-state index contributed by atoms with van der Waals surface area (Å²) in [6.07, 6.45) is 4.37. The number of ether oxygens (including phenoxy) is 4. The second-order valence-electron chi connectivity index (χ2n) is 9.41. The Labute approximate surface area is 224 Å². The number of benzene rings is 2.